The minimum absolute atomic E-state index is 0.195. The van der Waals surface area contributed by atoms with Crippen molar-refractivity contribution >= 4 is 6.09 Å². The molecule has 1 N–H and O–H groups in total. The number of aryl methyl sites for hydroxylation is 1. The van der Waals surface area contributed by atoms with E-state index in [-0.39, 0.29) is 11.9 Å². The summed E-state index contributed by atoms with van der Waals surface area (Å²) in [5.41, 5.74) is 1.65. The molecular weight excluding hydrogens is 295 g/mol. The van der Waals surface area contributed by atoms with E-state index in [0.29, 0.717) is 24.4 Å². The molecule has 1 aromatic rings. The molecule has 1 amide bonds. The molecule has 2 unspecified atom stereocenters. The second-order valence-corrected chi connectivity index (χ2v) is 7.69. The summed E-state index contributed by atoms with van der Waals surface area (Å²) in [6, 6.07) is 5.32. The van der Waals surface area contributed by atoms with E-state index in [1.165, 1.54) is 6.07 Å². The molecule has 126 valence electrons. The second kappa shape index (κ2) is 5.78. The number of benzene rings is 1. The summed E-state index contributed by atoms with van der Waals surface area (Å²) in [6.45, 7) is 9.81. The summed E-state index contributed by atoms with van der Waals surface area (Å²) < 4.78 is 18.7. The fourth-order valence-corrected chi connectivity index (χ4v) is 3.36. The lowest BCUT2D eigenvalue weighted by atomic mass is 10.1. The second-order valence-electron chi connectivity index (χ2n) is 7.69. The molecular formula is C18H25FN2O2. The Morgan fingerprint density at radius 2 is 2.00 bits per heavy atom. The molecule has 1 saturated carbocycles. The third kappa shape index (κ3) is 3.66. The van der Waals surface area contributed by atoms with Gasteiger partial charge in [-0.3, -0.25) is 0 Å². The number of nitrogens with zero attached hydrogens (tertiary/aromatic N) is 1. The summed E-state index contributed by atoms with van der Waals surface area (Å²) in [5.74, 6) is 0.798. The highest BCUT2D eigenvalue weighted by Gasteiger charge is 2.56. The van der Waals surface area contributed by atoms with Crippen LogP contribution < -0.4 is 5.32 Å². The molecule has 23 heavy (non-hydrogen) atoms. The Kier molecular flexibility index (Phi) is 4.08. The maximum absolute atomic E-state index is 13.3. The van der Waals surface area contributed by atoms with E-state index in [1.54, 1.807) is 11.0 Å². The van der Waals surface area contributed by atoms with Gasteiger partial charge in [-0.15, -0.1) is 0 Å². The Morgan fingerprint density at radius 1 is 1.35 bits per heavy atom. The molecule has 0 radical (unpaired) electrons. The van der Waals surface area contributed by atoms with Crippen LogP contribution in [0.1, 0.15) is 31.9 Å². The third-order valence-corrected chi connectivity index (χ3v) is 4.69. The van der Waals surface area contributed by atoms with Crippen LogP contribution in [0, 0.1) is 24.6 Å². The number of carbonyl (C=O) groups excluding carboxylic acids is 1. The monoisotopic (exact) mass is 320 g/mol. The number of nitrogens with one attached hydrogen (secondary N) is 1. The first kappa shape index (κ1) is 16.2. The molecule has 0 bridgehead atoms. The maximum atomic E-state index is 13.3. The fraction of sp³-hybridized carbons (Fsp3) is 0.611. The van der Waals surface area contributed by atoms with E-state index in [2.05, 4.69) is 5.32 Å². The van der Waals surface area contributed by atoms with Crippen molar-refractivity contribution in [1.29, 1.82) is 0 Å². The van der Waals surface area contributed by atoms with Gasteiger partial charge < -0.3 is 15.0 Å². The first-order chi connectivity index (χ1) is 10.7. The number of piperidine rings is 1. The minimum Gasteiger partial charge on any atom is -0.444 e. The van der Waals surface area contributed by atoms with Gasteiger partial charge in [0.2, 0.25) is 0 Å². The average molecular weight is 320 g/mol. The van der Waals surface area contributed by atoms with Gasteiger partial charge in [0.1, 0.15) is 11.4 Å². The van der Waals surface area contributed by atoms with Crippen LogP contribution in [0.25, 0.3) is 0 Å². The Bertz CT molecular complexity index is 600. The summed E-state index contributed by atoms with van der Waals surface area (Å²) in [6.07, 6.45) is -0.218. The topological polar surface area (TPSA) is 41.6 Å². The largest absolute Gasteiger partial charge is 0.444 e. The van der Waals surface area contributed by atoms with Crippen molar-refractivity contribution < 1.29 is 13.9 Å². The number of hydrogen-bond donors (Lipinski definition) is 1. The molecule has 2 fully saturated rings. The maximum Gasteiger partial charge on any atom is 0.410 e. The lowest BCUT2D eigenvalue weighted by Gasteiger charge is -2.26. The number of fused-ring (bicyclic) bond motifs is 1. The van der Waals surface area contributed by atoms with Crippen LogP contribution in [0.5, 0.6) is 0 Å². The van der Waals surface area contributed by atoms with Crippen molar-refractivity contribution in [3.05, 3.63) is 35.1 Å². The lowest BCUT2D eigenvalue weighted by Crippen LogP contribution is -2.39. The smallest absolute Gasteiger partial charge is 0.410 e. The van der Waals surface area contributed by atoms with Crippen molar-refractivity contribution in [1.82, 2.24) is 10.2 Å². The molecule has 1 aromatic carbocycles. The van der Waals surface area contributed by atoms with Gasteiger partial charge in [-0.1, -0.05) is 6.07 Å². The van der Waals surface area contributed by atoms with Crippen LogP contribution >= 0.6 is 0 Å². The van der Waals surface area contributed by atoms with E-state index in [9.17, 15) is 9.18 Å². The van der Waals surface area contributed by atoms with Crippen molar-refractivity contribution in [2.24, 2.45) is 11.8 Å². The highest BCUT2D eigenvalue weighted by Crippen LogP contribution is 2.45. The average Bonchev–Trinajstić information content (AvgIpc) is 2.89. The molecule has 0 spiro atoms. The van der Waals surface area contributed by atoms with Crippen LogP contribution in [-0.2, 0) is 11.3 Å². The molecule has 5 heteroatoms. The zero-order chi connectivity index (χ0) is 16.8. The predicted molar refractivity (Wildman–Crippen MR) is 86.6 cm³/mol. The normalized spacial score (nSPS) is 26.1. The summed E-state index contributed by atoms with van der Waals surface area (Å²) in [7, 11) is 0. The van der Waals surface area contributed by atoms with Gasteiger partial charge in [-0.05, 0) is 62.8 Å². The number of rotatable bonds is 3. The van der Waals surface area contributed by atoms with Crippen LogP contribution in [0.2, 0.25) is 0 Å². The van der Waals surface area contributed by atoms with E-state index in [1.807, 2.05) is 33.8 Å². The molecule has 1 heterocycles. The SMILES string of the molecule is Cc1ccc(F)cc1CNC1C2CN(C(=O)OC(C)(C)C)CC21. The molecule has 2 aliphatic rings. The van der Waals surface area contributed by atoms with E-state index in [4.69, 9.17) is 4.74 Å². The number of ether oxygens (including phenoxy) is 1. The fourth-order valence-electron chi connectivity index (χ4n) is 3.36. The van der Waals surface area contributed by atoms with Crippen molar-refractivity contribution in [2.75, 3.05) is 13.1 Å². The third-order valence-electron chi connectivity index (χ3n) is 4.69. The first-order valence-electron chi connectivity index (χ1n) is 8.21. The lowest BCUT2D eigenvalue weighted by molar-refractivity contribution is 0.0269. The Labute approximate surface area is 137 Å². The highest BCUT2D eigenvalue weighted by atomic mass is 19.1. The molecule has 4 nitrogen and oxygen atoms in total. The molecule has 1 saturated heterocycles. The highest BCUT2D eigenvalue weighted by molar-refractivity contribution is 5.69. The summed E-state index contributed by atoms with van der Waals surface area (Å²) in [5, 5.41) is 3.51. The van der Waals surface area contributed by atoms with Gasteiger partial charge in [0, 0.05) is 25.7 Å². The van der Waals surface area contributed by atoms with Crippen LogP contribution in [-0.4, -0.2) is 35.7 Å². The number of halogens is 1. The van der Waals surface area contributed by atoms with Crippen LogP contribution in [0.15, 0.2) is 18.2 Å². The number of likely N-dealkylation sites (tertiary alicyclic amines) is 1. The summed E-state index contributed by atoms with van der Waals surface area (Å²) >= 11 is 0. The van der Waals surface area contributed by atoms with Crippen molar-refractivity contribution in [3.8, 4) is 0 Å². The van der Waals surface area contributed by atoms with Crippen molar-refractivity contribution in [2.45, 2.75) is 45.9 Å². The first-order valence-corrected chi connectivity index (χ1v) is 8.21. The minimum atomic E-state index is -0.448. The van der Waals surface area contributed by atoms with Crippen LogP contribution in [0.4, 0.5) is 9.18 Å². The van der Waals surface area contributed by atoms with E-state index in [0.717, 1.165) is 24.2 Å². The Balaban J connectivity index is 1.47. The van der Waals surface area contributed by atoms with E-state index >= 15 is 0 Å². The number of amides is 1. The zero-order valence-electron chi connectivity index (χ0n) is 14.2. The predicted octanol–water partition coefficient (Wildman–Crippen LogP) is 3.09. The Hall–Kier alpha value is -1.62. The number of hydrogen-bond acceptors (Lipinski definition) is 3. The van der Waals surface area contributed by atoms with Gasteiger partial charge in [0.25, 0.3) is 0 Å². The van der Waals surface area contributed by atoms with Crippen molar-refractivity contribution in [3.63, 3.8) is 0 Å². The molecule has 0 aromatic heterocycles. The van der Waals surface area contributed by atoms with Gasteiger partial charge >= 0.3 is 6.09 Å². The van der Waals surface area contributed by atoms with Gasteiger partial charge in [0.05, 0.1) is 0 Å². The van der Waals surface area contributed by atoms with Gasteiger partial charge in [0.15, 0.2) is 0 Å². The van der Waals surface area contributed by atoms with E-state index < -0.39 is 5.60 Å². The standard InChI is InChI=1S/C18H25FN2O2/c1-11-5-6-13(19)7-12(11)8-20-16-14-9-21(10-15(14)16)17(22)23-18(2,3)4/h5-7,14-16,20H,8-10H2,1-4H3. The molecule has 1 aliphatic heterocycles. The molecule has 2 atom stereocenters. The summed E-state index contributed by atoms with van der Waals surface area (Å²) in [4.78, 5) is 13.8. The zero-order valence-corrected chi connectivity index (χ0v) is 14.2. The Morgan fingerprint density at radius 3 is 2.61 bits per heavy atom. The quantitative estimate of drug-likeness (QED) is 0.930. The van der Waals surface area contributed by atoms with Gasteiger partial charge in [-0.25, -0.2) is 9.18 Å². The number of carbonyl (C=O) groups is 1. The van der Waals surface area contributed by atoms with Crippen LogP contribution in [0.3, 0.4) is 0 Å². The molecule has 3 rings (SSSR count). The molecule has 1 aliphatic carbocycles. The van der Waals surface area contributed by atoms with Gasteiger partial charge in [-0.2, -0.15) is 0 Å².